The Bertz CT molecular complexity index is 715. The molecule has 5 heteroatoms. The molecule has 0 aromatic heterocycles. The van der Waals surface area contributed by atoms with Gasteiger partial charge in [-0.15, -0.1) is 0 Å². The van der Waals surface area contributed by atoms with E-state index in [2.05, 4.69) is 0 Å². The van der Waals surface area contributed by atoms with Crippen LogP contribution in [0, 0.1) is 0 Å². The first-order valence-electron chi connectivity index (χ1n) is 7.76. The molecule has 1 aliphatic heterocycles. The second-order valence-electron chi connectivity index (χ2n) is 5.37. The molecule has 120 valence electrons. The summed E-state index contributed by atoms with van der Waals surface area (Å²) in [5, 5.41) is 0. The summed E-state index contributed by atoms with van der Waals surface area (Å²) in [6, 6.07) is 12.7. The summed E-state index contributed by atoms with van der Waals surface area (Å²) in [5.74, 6) is 1.25. The molecule has 0 atom stereocenters. The molecule has 2 aromatic carbocycles. The first-order chi connectivity index (χ1) is 11.2. The van der Waals surface area contributed by atoms with Crippen LogP contribution in [0.3, 0.4) is 0 Å². The van der Waals surface area contributed by atoms with E-state index in [1.54, 1.807) is 23.1 Å². The molecule has 0 bridgehead atoms. The van der Waals surface area contributed by atoms with E-state index >= 15 is 0 Å². The number of hydrogen-bond donors (Lipinski definition) is 1. The largest absolute Gasteiger partial charge is 0.491 e. The minimum Gasteiger partial charge on any atom is -0.491 e. The van der Waals surface area contributed by atoms with E-state index in [-0.39, 0.29) is 5.91 Å². The molecule has 0 fully saturated rings. The molecule has 0 radical (unpaired) electrons. The second-order valence-corrected chi connectivity index (χ2v) is 5.37. The smallest absolute Gasteiger partial charge is 0.258 e. The Morgan fingerprint density at radius 2 is 2.13 bits per heavy atom. The van der Waals surface area contributed by atoms with Crippen LogP contribution in [0.2, 0.25) is 0 Å². The van der Waals surface area contributed by atoms with Gasteiger partial charge in [-0.3, -0.25) is 4.79 Å². The van der Waals surface area contributed by atoms with Crippen LogP contribution in [0.15, 0.2) is 42.5 Å². The van der Waals surface area contributed by atoms with Crippen LogP contribution in [0.5, 0.6) is 11.5 Å². The molecule has 1 heterocycles. The number of ether oxygens (including phenoxy) is 2. The fraction of sp³-hybridized carbons (Fsp3) is 0.278. The molecule has 5 nitrogen and oxygen atoms in total. The van der Waals surface area contributed by atoms with Gasteiger partial charge in [0.2, 0.25) is 0 Å². The van der Waals surface area contributed by atoms with Gasteiger partial charge in [-0.2, -0.15) is 0 Å². The van der Waals surface area contributed by atoms with Gasteiger partial charge in [-0.25, -0.2) is 0 Å². The highest BCUT2D eigenvalue weighted by Gasteiger charge is 2.24. The quantitative estimate of drug-likeness (QED) is 0.881. The lowest BCUT2D eigenvalue weighted by Gasteiger charge is -2.29. The molecular formula is C18H20N2O3. The predicted molar refractivity (Wildman–Crippen MR) is 90.3 cm³/mol. The number of fused-ring (bicyclic) bond motifs is 1. The van der Waals surface area contributed by atoms with Crippen molar-refractivity contribution >= 4 is 17.3 Å². The number of hydrogen-bond acceptors (Lipinski definition) is 4. The molecule has 0 unspecified atom stereocenters. The molecule has 2 aromatic rings. The van der Waals surface area contributed by atoms with E-state index in [1.165, 1.54) is 0 Å². The van der Waals surface area contributed by atoms with Gasteiger partial charge in [0.05, 0.1) is 24.5 Å². The third-order valence-electron chi connectivity index (χ3n) is 3.69. The average Bonchev–Trinajstić information content (AvgIpc) is 2.59. The lowest BCUT2D eigenvalue weighted by Crippen LogP contribution is -2.37. The van der Waals surface area contributed by atoms with Gasteiger partial charge in [-0.1, -0.05) is 19.1 Å². The zero-order chi connectivity index (χ0) is 16.2. The monoisotopic (exact) mass is 312 g/mol. The van der Waals surface area contributed by atoms with Gasteiger partial charge >= 0.3 is 0 Å². The number of nitrogen functional groups attached to an aromatic ring is 1. The number of benzene rings is 2. The van der Waals surface area contributed by atoms with Crippen molar-refractivity contribution in [3.05, 3.63) is 48.0 Å². The molecule has 0 saturated carbocycles. The topological polar surface area (TPSA) is 64.8 Å². The molecule has 0 aliphatic carbocycles. The zero-order valence-corrected chi connectivity index (χ0v) is 13.1. The minimum absolute atomic E-state index is 0.0884. The summed E-state index contributed by atoms with van der Waals surface area (Å²) in [7, 11) is 0. The SMILES string of the molecule is CCCOc1ccc(C(=O)N2CCOc3ccccc32)cc1N. The minimum atomic E-state index is -0.0884. The van der Waals surface area contributed by atoms with E-state index in [0.29, 0.717) is 36.8 Å². The molecule has 1 aliphatic rings. The van der Waals surface area contributed by atoms with Crippen molar-refractivity contribution in [1.29, 1.82) is 0 Å². The molecule has 23 heavy (non-hydrogen) atoms. The van der Waals surface area contributed by atoms with E-state index < -0.39 is 0 Å². The predicted octanol–water partition coefficient (Wildman–Crippen LogP) is 3.10. The summed E-state index contributed by atoms with van der Waals surface area (Å²) in [5.41, 5.74) is 7.81. The number of amides is 1. The maximum absolute atomic E-state index is 12.8. The van der Waals surface area contributed by atoms with Crippen LogP contribution in [0.25, 0.3) is 0 Å². The van der Waals surface area contributed by atoms with Crippen molar-refractivity contribution in [2.24, 2.45) is 0 Å². The van der Waals surface area contributed by atoms with Gasteiger partial charge in [0.15, 0.2) is 0 Å². The first-order valence-corrected chi connectivity index (χ1v) is 7.76. The number of nitrogens with two attached hydrogens (primary N) is 1. The van der Waals surface area contributed by atoms with Crippen molar-refractivity contribution in [1.82, 2.24) is 0 Å². The highest BCUT2D eigenvalue weighted by molar-refractivity contribution is 6.07. The fourth-order valence-electron chi connectivity index (χ4n) is 2.56. The fourth-order valence-corrected chi connectivity index (χ4v) is 2.56. The zero-order valence-electron chi connectivity index (χ0n) is 13.1. The Kier molecular flexibility index (Phi) is 4.37. The Morgan fingerprint density at radius 1 is 1.30 bits per heavy atom. The van der Waals surface area contributed by atoms with Gasteiger partial charge in [0, 0.05) is 5.56 Å². The van der Waals surface area contributed by atoms with Crippen LogP contribution in [0.4, 0.5) is 11.4 Å². The normalized spacial score (nSPS) is 13.2. The molecule has 1 amide bonds. The lowest BCUT2D eigenvalue weighted by atomic mass is 10.1. The van der Waals surface area contributed by atoms with Crippen molar-refractivity contribution in [2.75, 3.05) is 30.4 Å². The summed E-state index contributed by atoms with van der Waals surface area (Å²) in [6.45, 7) is 3.64. The second kappa shape index (κ2) is 6.60. The van der Waals surface area contributed by atoms with E-state index in [0.717, 1.165) is 17.9 Å². The van der Waals surface area contributed by atoms with Gasteiger partial charge in [-0.05, 0) is 36.8 Å². The van der Waals surface area contributed by atoms with Crippen LogP contribution in [-0.2, 0) is 0 Å². The maximum Gasteiger partial charge on any atom is 0.258 e. The number of carbonyl (C=O) groups is 1. The van der Waals surface area contributed by atoms with Crippen LogP contribution >= 0.6 is 0 Å². The van der Waals surface area contributed by atoms with Crippen LogP contribution in [-0.4, -0.2) is 25.7 Å². The number of carbonyl (C=O) groups excluding carboxylic acids is 1. The molecule has 2 N–H and O–H groups in total. The molecule has 0 spiro atoms. The highest BCUT2D eigenvalue weighted by atomic mass is 16.5. The van der Waals surface area contributed by atoms with Gasteiger partial charge < -0.3 is 20.1 Å². The van der Waals surface area contributed by atoms with Gasteiger partial charge in [0.25, 0.3) is 5.91 Å². The Hall–Kier alpha value is -2.69. The number of nitrogens with zero attached hydrogens (tertiary/aromatic N) is 1. The number of rotatable bonds is 4. The Balaban J connectivity index is 1.85. The average molecular weight is 312 g/mol. The molecule has 0 saturated heterocycles. The van der Waals surface area contributed by atoms with Crippen molar-refractivity contribution in [3.63, 3.8) is 0 Å². The number of para-hydroxylation sites is 2. The summed E-state index contributed by atoms with van der Waals surface area (Å²) in [6.07, 6.45) is 0.907. The summed E-state index contributed by atoms with van der Waals surface area (Å²) >= 11 is 0. The maximum atomic E-state index is 12.8. The summed E-state index contributed by atoms with van der Waals surface area (Å²) < 4.78 is 11.1. The van der Waals surface area contributed by atoms with E-state index in [1.807, 2.05) is 31.2 Å². The molecule has 3 rings (SSSR count). The molecular weight excluding hydrogens is 292 g/mol. The lowest BCUT2D eigenvalue weighted by molar-refractivity contribution is 0.0976. The van der Waals surface area contributed by atoms with Crippen LogP contribution in [0.1, 0.15) is 23.7 Å². The van der Waals surface area contributed by atoms with Crippen molar-refractivity contribution in [3.8, 4) is 11.5 Å². The Labute approximate surface area is 135 Å². The number of anilines is 2. The standard InChI is InChI=1S/C18H20N2O3/c1-2-10-22-16-8-7-13(12-14(16)19)18(21)20-9-11-23-17-6-4-3-5-15(17)20/h3-8,12H,2,9-11,19H2,1H3. The third kappa shape index (κ3) is 3.08. The highest BCUT2D eigenvalue weighted by Crippen LogP contribution is 2.32. The summed E-state index contributed by atoms with van der Waals surface area (Å²) in [4.78, 5) is 14.5. The van der Waals surface area contributed by atoms with Gasteiger partial charge in [0.1, 0.15) is 18.1 Å². The van der Waals surface area contributed by atoms with E-state index in [9.17, 15) is 4.79 Å². The first kappa shape index (κ1) is 15.2. The van der Waals surface area contributed by atoms with Crippen molar-refractivity contribution < 1.29 is 14.3 Å². The van der Waals surface area contributed by atoms with Crippen molar-refractivity contribution in [2.45, 2.75) is 13.3 Å². The third-order valence-corrected chi connectivity index (χ3v) is 3.69. The Morgan fingerprint density at radius 3 is 2.91 bits per heavy atom. The van der Waals surface area contributed by atoms with Crippen LogP contribution < -0.4 is 20.1 Å². The van der Waals surface area contributed by atoms with E-state index in [4.69, 9.17) is 15.2 Å².